The van der Waals surface area contributed by atoms with Crippen LogP contribution in [0.3, 0.4) is 0 Å². The largest absolute Gasteiger partial charge is 0.338 e. The molecule has 0 radical (unpaired) electrons. The molecule has 1 aliphatic heterocycles. The van der Waals surface area contributed by atoms with Crippen LogP contribution in [0.15, 0.2) is 24.3 Å². The third-order valence-electron chi connectivity index (χ3n) is 4.07. The fraction of sp³-hybridized carbons (Fsp3) is 0.529. The Bertz CT molecular complexity index is 565. The molecule has 0 saturated carbocycles. The summed E-state index contributed by atoms with van der Waals surface area (Å²) < 4.78 is 0. The van der Waals surface area contributed by atoms with Crippen LogP contribution in [0, 0.1) is 5.92 Å². The Morgan fingerprint density at radius 3 is 2.78 bits per heavy atom. The number of halogens is 1. The normalized spacial score (nSPS) is 19.3. The highest BCUT2D eigenvalue weighted by atomic mass is 35.5. The number of benzene rings is 1. The van der Waals surface area contributed by atoms with E-state index in [-0.39, 0.29) is 18.4 Å². The van der Waals surface area contributed by atoms with Crippen molar-refractivity contribution in [2.45, 2.75) is 19.8 Å². The molecule has 1 aromatic carbocycles. The number of quaternary nitrogens is 1. The number of anilines is 1. The third-order valence-corrected chi connectivity index (χ3v) is 4.40. The number of carbonyl (C=O) groups excluding carboxylic acids is 2. The summed E-state index contributed by atoms with van der Waals surface area (Å²) in [5, 5.41) is 3.30. The van der Waals surface area contributed by atoms with Gasteiger partial charge in [-0.3, -0.25) is 9.59 Å². The SMILES string of the molecule is C[C@H]1CCCN(C(=O)C[NH+](C)CC(=O)Nc2ccccc2Cl)C1. The highest BCUT2D eigenvalue weighted by Crippen LogP contribution is 2.19. The minimum atomic E-state index is -0.143. The maximum atomic E-state index is 12.3. The van der Waals surface area contributed by atoms with Gasteiger partial charge in [0.15, 0.2) is 13.1 Å². The Balaban J connectivity index is 1.79. The topological polar surface area (TPSA) is 53.9 Å². The van der Waals surface area contributed by atoms with Crippen LogP contribution in [0.5, 0.6) is 0 Å². The summed E-state index contributed by atoms with van der Waals surface area (Å²) in [7, 11) is 1.86. The Morgan fingerprint density at radius 2 is 2.09 bits per heavy atom. The summed E-state index contributed by atoms with van der Waals surface area (Å²) in [6.07, 6.45) is 2.26. The number of piperidine rings is 1. The van der Waals surface area contributed by atoms with Gasteiger partial charge >= 0.3 is 0 Å². The molecule has 1 fully saturated rings. The fourth-order valence-electron chi connectivity index (χ4n) is 2.88. The number of nitrogens with one attached hydrogen (secondary N) is 2. The van der Waals surface area contributed by atoms with E-state index in [1.165, 1.54) is 6.42 Å². The van der Waals surface area contributed by atoms with Gasteiger partial charge in [0.2, 0.25) is 0 Å². The van der Waals surface area contributed by atoms with Gasteiger partial charge in [-0.15, -0.1) is 0 Å². The van der Waals surface area contributed by atoms with Crippen molar-refractivity contribution in [2.75, 3.05) is 38.5 Å². The monoisotopic (exact) mass is 338 g/mol. The first kappa shape index (κ1) is 17.8. The molecule has 0 spiro atoms. The van der Waals surface area contributed by atoms with Crippen LogP contribution in [0.1, 0.15) is 19.8 Å². The summed E-state index contributed by atoms with van der Waals surface area (Å²) >= 11 is 6.02. The zero-order chi connectivity index (χ0) is 16.8. The molecule has 1 aliphatic rings. The predicted molar refractivity (Wildman–Crippen MR) is 91.7 cm³/mol. The standard InChI is InChI=1S/C17H24ClN3O2/c1-13-6-5-9-21(10-13)17(23)12-20(2)11-16(22)19-15-8-4-3-7-14(15)18/h3-4,7-8,13H,5-6,9-12H2,1-2H3,(H,19,22)/p+1/t13-/m0/s1. The van der Waals surface area contributed by atoms with Crippen LogP contribution in [0.4, 0.5) is 5.69 Å². The molecule has 0 bridgehead atoms. The van der Waals surface area contributed by atoms with E-state index < -0.39 is 0 Å². The van der Waals surface area contributed by atoms with E-state index in [1.807, 2.05) is 24.1 Å². The number of hydrogen-bond acceptors (Lipinski definition) is 2. The number of carbonyl (C=O) groups is 2. The molecular formula is C17H25ClN3O2+. The summed E-state index contributed by atoms with van der Waals surface area (Å²) in [5.41, 5.74) is 0.600. The van der Waals surface area contributed by atoms with Gasteiger partial charge in [-0.05, 0) is 30.9 Å². The van der Waals surface area contributed by atoms with E-state index in [0.29, 0.717) is 23.2 Å². The van der Waals surface area contributed by atoms with Crippen LogP contribution < -0.4 is 10.2 Å². The van der Waals surface area contributed by atoms with Gasteiger partial charge in [0, 0.05) is 13.1 Å². The second-order valence-electron chi connectivity index (χ2n) is 6.43. The van der Waals surface area contributed by atoms with Gasteiger partial charge in [0.05, 0.1) is 17.8 Å². The first-order valence-electron chi connectivity index (χ1n) is 8.09. The quantitative estimate of drug-likeness (QED) is 0.843. The minimum absolute atomic E-state index is 0.125. The zero-order valence-corrected chi connectivity index (χ0v) is 14.5. The average Bonchev–Trinajstić information content (AvgIpc) is 2.49. The summed E-state index contributed by atoms with van der Waals surface area (Å²) in [6, 6.07) is 7.12. The van der Waals surface area contributed by atoms with Crippen LogP contribution in [-0.4, -0.2) is 49.9 Å². The van der Waals surface area contributed by atoms with Crippen molar-refractivity contribution in [1.82, 2.24) is 4.90 Å². The Kier molecular flexibility index (Phi) is 6.42. The van der Waals surface area contributed by atoms with Crippen LogP contribution in [0.2, 0.25) is 5.02 Å². The molecule has 1 unspecified atom stereocenters. The van der Waals surface area contributed by atoms with Crippen LogP contribution in [0.25, 0.3) is 0 Å². The predicted octanol–water partition coefficient (Wildman–Crippen LogP) is 1.05. The summed E-state index contributed by atoms with van der Waals surface area (Å²) in [4.78, 5) is 27.2. The molecule has 23 heavy (non-hydrogen) atoms. The van der Waals surface area contributed by atoms with Gasteiger partial charge in [-0.1, -0.05) is 30.7 Å². The molecule has 2 amide bonds. The molecule has 2 rings (SSSR count). The molecule has 1 heterocycles. The molecule has 0 aliphatic carbocycles. The maximum Gasteiger partial charge on any atom is 0.279 e. The van der Waals surface area contributed by atoms with E-state index in [9.17, 15) is 9.59 Å². The second kappa shape index (κ2) is 8.31. The van der Waals surface area contributed by atoms with Gasteiger partial charge in [0.25, 0.3) is 11.8 Å². The first-order chi connectivity index (χ1) is 11.0. The van der Waals surface area contributed by atoms with E-state index in [2.05, 4.69) is 12.2 Å². The van der Waals surface area contributed by atoms with Crippen molar-refractivity contribution >= 4 is 29.1 Å². The van der Waals surface area contributed by atoms with Crippen molar-refractivity contribution < 1.29 is 14.5 Å². The highest BCUT2D eigenvalue weighted by molar-refractivity contribution is 6.33. The summed E-state index contributed by atoms with van der Waals surface area (Å²) in [6.45, 7) is 4.41. The van der Waals surface area contributed by atoms with Gasteiger partial charge in [-0.25, -0.2) is 0 Å². The molecule has 0 aromatic heterocycles. The first-order valence-corrected chi connectivity index (χ1v) is 8.47. The zero-order valence-electron chi connectivity index (χ0n) is 13.8. The number of hydrogen-bond donors (Lipinski definition) is 2. The molecule has 5 nitrogen and oxygen atoms in total. The van der Waals surface area contributed by atoms with Crippen LogP contribution >= 0.6 is 11.6 Å². The number of nitrogens with zero attached hydrogens (tertiary/aromatic N) is 1. The summed E-state index contributed by atoms with van der Waals surface area (Å²) in [5.74, 6) is 0.548. The van der Waals surface area contributed by atoms with E-state index in [0.717, 1.165) is 24.4 Å². The number of likely N-dealkylation sites (N-methyl/N-ethyl adjacent to an activating group) is 1. The minimum Gasteiger partial charge on any atom is -0.338 e. The molecule has 2 atom stereocenters. The van der Waals surface area contributed by atoms with Gasteiger partial charge in [0.1, 0.15) is 0 Å². The van der Waals surface area contributed by atoms with Crippen LogP contribution in [-0.2, 0) is 9.59 Å². The maximum absolute atomic E-state index is 12.3. The van der Waals surface area contributed by atoms with Crippen molar-refractivity contribution in [3.05, 3.63) is 29.3 Å². The van der Waals surface area contributed by atoms with Gasteiger partial charge < -0.3 is 15.1 Å². The molecule has 126 valence electrons. The number of amides is 2. The molecular weight excluding hydrogens is 314 g/mol. The van der Waals surface area contributed by atoms with Crippen molar-refractivity contribution in [1.29, 1.82) is 0 Å². The lowest BCUT2D eigenvalue weighted by atomic mass is 10.0. The lowest BCUT2D eigenvalue weighted by Gasteiger charge is -2.31. The smallest absolute Gasteiger partial charge is 0.279 e. The molecule has 1 saturated heterocycles. The van der Waals surface area contributed by atoms with E-state index >= 15 is 0 Å². The lowest BCUT2D eigenvalue weighted by Crippen LogP contribution is -3.11. The van der Waals surface area contributed by atoms with Crippen molar-refractivity contribution in [2.24, 2.45) is 5.92 Å². The average molecular weight is 339 g/mol. The Morgan fingerprint density at radius 1 is 1.35 bits per heavy atom. The highest BCUT2D eigenvalue weighted by Gasteiger charge is 2.24. The van der Waals surface area contributed by atoms with Crippen molar-refractivity contribution in [3.8, 4) is 0 Å². The second-order valence-corrected chi connectivity index (χ2v) is 6.83. The Labute approximate surface area is 142 Å². The third kappa shape index (κ3) is 5.52. The lowest BCUT2D eigenvalue weighted by molar-refractivity contribution is -0.862. The molecule has 2 N–H and O–H groups in total. The molecule has 6 heteroatoms. The molecule has 1 aromatic rings. The van der Waals surface area contributed by atoms with Crippen molar-refractivity contribution in [3.63, 3.8) is 0 Å². The number of rotatable bonds is 5. The van der Waals surface area contributed by atoms with E-state index in [1.54, 1.807) is 12.1 Å². The fourth-order valence-corrected chi connectivity index (χ4v) is 3.06. The number of likely N-dealkylation sites (tertiary alicyclic amines) is 1. The van der Waals surface area contributed by atoms with E-state index in [4.69, 9.17) is 11.6 Å². The number of para-hydroxylation sites is 1. The van der Waals surface area contributed by atoms with Gasteiger partial charge in [-0.2, -0.15) is 0 Å². The Hall–Kier alpha value is -1.59.